The molecule has 0 aliphatic rings. The zero-order chi connectivity index (χ0) is 13.0. The van der Waals surface area contributed by atoms with E-state index >= 15 is 0 Å². The molecule has 2 rings (SSSR count). The summed E-state index contributed by atoms with van der Waals surface area (Å²) < 4.78 is 13.0. The van der Waals surface area contributed by atoms with E-state index in [0.717, 1.165) is 5.56 Å². The number of hydrogen-bond donors (Lipinski definition) is 1. The maximum Gasteiger partial charge on any atom is 0.144 e. The van der Waals surface area contributed by atoms with Gasteiger partial charge >= 0.3 is 0 Å². The van der Waals surface area contributed by atoms with Crippen LogP contribution in [0.25, 0.3) is 0 Å². The fourth-order valence-corrected chi connectivity index (χ4v) is 1.67. The first-order valence-electron chi connectivity index (χ1n) is 5.23. The second-order valence-corrected chi connectivity index (χ2v) is 4.02. The normalized spacial score (nSPS) is 9.83. The molecule has 3 nitrogen and oxygen atoms in total. The number of aromatic nitrogens is 1. The lowest BCUT2D eigenvalue weighted by atomic mass is 10.2. The molecule has 0 aliphatic heterocycles. The monoisotopic (exact) mass is 261 g/mol. The van der Waals surface area contributed by atoms with Gasteiger partial charge in [0.1, 0.15) is 17.7 Å². The second kappa shape index (κ2) is 5.48. The lowest BCUT2D eigenvalue weighted by Crippen LogP contribution is -2.03. The Hall–Kier alpha value is -2.12. The second-order valence-electron chi connectivity index (χ2n) is 3.61. The lowest BCUT2D eigenvalue weighted by Gasteiger charge is -2.07. The quantitative estimate of drug-likeness (QED) is 0.922. The molecular formula is C13H9ClFN3. The van der Waals surface area contributed by atoms with Crippen LogP contribution >= 0.6 is 11.6 Å². The molecule has 1 aromatic heterocycles. The third-order valence-corrected chi connectivity index (χ3v) is 2.66. The summed E-state index contributed by atoms with van der Waals surface area (Å²) in [5.41, 5.74) is 1.28. The maximum atomic E-state index is 13.0. The smallest absolute Gasteiger partial charge is 0.144 e. The van der Waals surface area contributed by atoms with Crippen molar-refractivity contribution in [2.24, 2.45) is 0 Å². The summed E-state index contributed by atoms with van der Waals surface area (Å²) in [5.74, 6) is 0.0522. The molecule has 2 aromatic rings. The van der Waals surface area contributed by atoms with Crippen molar-refractivity contribution in [1.29, 1.82) is 5.26 Å². The molecule has 0 radical (unpaired) electrons. The maximum absolute atomic E-state index is 13.0. The molecule has 1 N–H and O–H groups in total. The largest absolute Gasteiger partial charge is 0.365 e. The minimum absolute atomic E-state index is 0.0795. The Labute approximate surface area is 109 Å². The van der Waals surface area contributed by atoms with Crippen molar-refractivity contribution in [1.82, 2.24) is 4.98 Å². The van der Waals surface area contributed by atoms with Crippen LogP contribution in [0.1, 0.15) is 11.1 Å². The van der Waals surface area contributed by atoms with E-state index in [1.165, 1.54) is 6.07 Å². The van der Waals surface area contributed by atoms with Crippen molar-refractivity contribution in [2.75, 3.05) is 5.32 Å². The van der Waals surface area contributed by atoms with E-state index in [-0.39, 0.29) is 5.02 Å². The van der Waals surface area contributed by atoms with E-state index in [1.54, 1.807) is 30.5 Å². The molecule has 0 saturated heterocycles. The molecule has 0 spiro atoms. The van der Waals surface area contributed by atoms with Crippen LogP contribution in [0.2, 0.25) is 5.02 Å². The number of hydrogen-bond acceptors (Lipinski definition) is 3. The summed E-state index contributed by atoms with van der Waals surface area (Å²) >= 11 is 5.68. The van der Waals surface area contributed by atoms with Crippen molar-refractivity contribution >= 4 is 17.4 Å². The van der Waals surface area contributed by atoms with Crippen molar-refractivity contribution in [2.45, 2.75) is 6.54 Å². The Morgan fingerprint density at radius 1 is 1.39 bits per heavy atom. The number of halogens is 2. The number of pyridine rings is 1. The van der Waals surface area contributed by atoms with Crippen molar-refractivity contribution in [3.05, 3.63) is 58.5 Å². The van der Waals surface area contributed by atoms with Gasteiger partial charge in [0, 0.05) is 12.7 Å². The van der Waals surface area contributed by atoms with Crippen LogP contribution in [-0.2, 0) is 6.54 Å². The highest BCUT2D eigenvalue weighted by molar-refractivity contribution is 6.30. The highest BCUT2D eigenvalue weighted by Crippen LogP contribution is 2.17. The van der Waals surface area contributed by atoms with Crippen LogP contribution in [0, 0.1) is 17.1 Å². The minimum atomic E-state index is -0.448. The van der Waals surface area contributed by atoms with Gasteiger partial charge < -0.3 is 5.32 Å². The van der Waals surface area contributed by atoms with E-state index in [9.17, 15) is 4.39 Å². The number of nitriles is 1. The molecule has 1 aromatic carbocycles. The Balaban J connectivity index is 2.12. The molecule has 0 saturated carbocycles. The van der Waals surface area contributed by atoms with E-state index < -0.39 is 5.82 Å². The molecule has 0 aliphatic carbocycles. The topological polar surface area (TPSA) is 48.7 Å². The summed E-state index contributed by atoms with van der Waals surface area (Å²) in [6.45, 7) is 0.422. The van der Waals surface area contributed by atoms with Gasteiger partial charge in [0.15, 0.2) is 0 Å². The Morgan fingerprint density at radius 2 is 2.22 bits per heavy atom. The van der Waals surface area contributed by atoms with Crippen LogP contribution in [0.4, 0.5) is 10.2 Å². The van der Waals surface area contributed by atoms with Crippen molar-refractivity contribution < 1.29 is 4.39 Å². The van der Waals surface area contributed by atoms with Gasteiger partial charge in [-0.15, -0.1) is 0 Å². The Morgan fingerprint density at radius 3 is 2.94 bits per heavy atom. The number of nitrogens with one attached hydrogen (secondary N) is 1. The van der Waals surface area contributed by atoms with E-state index in [0.29, 0.717) is 17.9 Å². The van der Waals surface area contributed by atoms with Gasteiger partial charge in [-0.05, 0) is 29.8 Å². The molecule has 0 atom stereocenters. The average Bonchev–Trinajstić information content (AvgIpc) is 2.40. The zero-order valence-electron chi connectivity index (χ0n) is 9.32. The number of rotatable bonds is 3. The van der Waals surface area contributed by atoms with Gasteiger partial charge in [-0.2, -0.15) is 5.26 Å². The molecule has 0 unspecified atom stereocenters. The lowest BCUT2D eigenvalue weighted by molar-refractivity contribution is 0.627. The number of benzene rings is 1. The molecule has 18 heavy (non-hydrogen) atoms. The van der Waals surface area contributed by atoms with Gasteiger partial charge in [0.2, 0.25) is 0 Å². The van der Waals surface area contributed by atoms with Crippen LogP contribution in [0.5, 0.6) is 0 Å². The summed E-state index contributed by atoms with van der Waals surface area (Å²) in [4.78, 5) is 4.06. The van der Waals surface area contributed by atoms with E-state index in [1.807, 2.05) is 6.07 Å². The average molecular weight is 262 g/mol. The molecular weight excluding hydrogens is 253 g/mol. The first kappa shape index (κ1) is 12.3. The molecule has 0 amide bonds. The fourth-order valence-electron chi connectivity index (χ4n) is 1.47. The standard InChI is InChI=1S/C13H9ClFN3/c14-11-6-9(3-4-12(11)15)8-18-13-10(7-16)2-1-5-17-13/h1-6H,8H2,(H,17,18). The highest BCUT2D eigenvalue weighted by atomic mass is 35.5. The third-order valence-electron chi connectivity index (χ3n) is 2.37. The summed E-state index contributed by atoms with van der Waals surface area (Å²) in [6.07, 6.45) is 1.60. The Bertz CT molecular complexity index is 607. The summed E-state index contributed by atoms with van der Waals surface area (Å²) in [7, 11) is 0. The van der Waals surface area contributed by atoms with E-state index in [4.69, 9.17) is 16.9 Å². The van der Waals surface area contributed by atoms with Crippen molar-refractivity contribution in [3.63, 3.8) is 0 Å². The van der Waals surface area contributed by atoms with Gasteiger partial charge in [-0.3, -0.25) is 0 Å². The van der Waals surface area contributed by atoms with Crippen LogP contribution in [0.15, 0.2) is 36.5 Å². The summed E-state index contributed by atoms with van der Waals surface area (Å²) in [6, 6.07) is 9.89. The predicted molar refractivity (Wildman–Crippen MR) is 67.7 cm³/mol. The zero-order valence-corrected chi connectivity index (χ0v) is 10.1. The molecule has 0 fully saturated rings. The number of anilines is 1. The fraction of sp³-hybridized carbons (Fsp3) is 0.0769. The number of nitrogens with zero attached hydrogens (tertiary/aromatic N) is 2. The Kier molecular flexibility index (Phi) is 3.75. The molecule has 1 heterocycles. The first-order chi connectivity index (χ1) is 8.70. The van der Waals surface area contributed by atoms with Gasteiger partial charge in [0.05, 0.1) is 10.6 Å². The molecule has 90 valence electrons. The van der Waals surface area contributed by atoms with E-state index in [2.05, 4.69) is 10.3 Å². The van der Waals surface area contributed by atoms with Gasteiger partial charge in [-0.25, -0.2) is 9.37 Å². The van der Waals surface area contributed by atoms with Crippen LogP contribution in [0.3, 0.4) is 0 Å². The van der Waals surface area contributed by atoms with Crippen LogP contribution < -0.4 is 5.32 Å². The van der Waals surface area contributed by atoms with Gasteiger partial charge in [0.25, 0.3) is 0 Å². The first-order valence-corrected chi connectivity index (χ1v) is 5.61. The SMILES string of the molecule is N#Cc1cccnc1NCc1ccc(F)c(Cl)c1. The minimum Gasteiger partial charge on any atom is -0.365 e. The van der Waals surface area contributed by atoms with Crippen molar-refractivity contribution in [3.8, 4) is 6.07 Å². The molecule has 5 heteroatoms. The van der Waals surface area contributed by atoms with Gasteiger partial charge in [-0.1, -0.05) is 17.7 Å². The molecule has 0 bridgehead atoms. The summed E-state index contributed by atoms with van der Waals surface area (Å²) in [5, 5.41) is 12.0. The highest BCUT2D eigenvalue weighted by Gasteiger charge is 2.04. The van der Waals surface area contributed by atoms with Crippen LogP contribution in [-0.4, -0.2) is 4.98 Å². The predicted octanol–water partition coefficient (Wildman–Crippen LogP) is 3.36. The third kappa shape index (κ3) is 2.76.